The van der Waals surface area contributed by atoms with Gasteiger partial charge in [-0.2, -0.15) is 0 Å². The summed E-state index contributed by atoms with van der Waals surface area (Å²) < 4.78 is 39.9. The normalized spacial score (nSPS) is 10.9. The Morgan fingerprint density at radius 2 is 1.08 bits per heavy atom. The molecule has 1 N–H and O–H groups in total. The van der Waals surface area contributed by atoms with E-state index < -0.39 is 17.4 Å². The summed E-state index contributed by atoms with van der Waals surface area (Å²) in [5.41, 5.74) is 4.74. The third-order valence-corrected chi connectivity index (χ3v) is 11.0. The van der Waals surface area contributed by atoms with Crippen molar-refractivity contribution < 1.29 is 18.6 Å². The summed E-state index contributed by atoms with van der Waals surface area (Å²) in [4.78, 5) is 35.8. The van der Waals surface area contributed by atoms with E-state index in [9.17, 15) is 23.5 Å². The maximum atomic E-state index is 14.9. The van der Waals surface area contributed by atoms with Crippen LogP contribution in [0.3, 0.4) is 0 Å². The standard InChI is InChI=1S/C26H22BrFN2O2.C23H20FN3O2/c1-18-23(27)26(31)30(16-15-19-9-4-2-5-10-19)25(29-18)21-13-8-14-22(28)24(21)32-17-20-11-6-3-7-12-20;1-16-20(26-13-5-6-14-26)23(29)27(15-12-17-8-3-2-4-9-17)22(25-16)18-10-7-11-19(24)21(18)28/h2-14H,15-17H2,1H3;2-11,13-14,28H,12,15H2,1H3. The van der Waals surface area contributed by atoms with Gasteiger partial charge in [0.2, 0.25) is 0 Å². The average molecular weight is 883 g/mol. The minimum atomic E-state index is -0.751. The van der Waals surface area contributed by atoms with E-state index in [2.05, 4.69) is 25.9 Å². The smallest absolute Gasteiger partial charge is 0.278 e. The first kappa shape index (κ1) is 42.2. The summed E-state index contributed by atoms with van der Waals surface area (Å²) >= 11 is 3.36. The Hall–Kier alpha value is -6.92. The highest BCUT2D eigenvalue weighted by molar-refractivity contribution is 9.10. The van der Waals surface area contributed by atoms with Crippen molar-refractivity contribution in [1.29, 1.82) is 0 Å². The fourth-order valence-corrected chi connectivity index (χ4v) is 7.23. The molecule has 0 bridgehead atoms. The van der Waals surface area contributed by atoms with Crippen LogP contribution in [-0.2, 0) is 32.5 Å². The van der Waals surface area contributed by atoms with Gasteiger partial charge in [-0.15, -0.1) is 0 Å². The number of rotatable bonds is 12. The molecule has 0 aliphatic carbocycles. The Labute approximate surface area is 360 Å². The molecule has 0 saturated heterocycles. The first-order valence-corrected chi connectivity index (χ1v) is 20.4. The Balaban J connectivity index is 0.000000185. The third kappa shape index (κ3) is 9.77. The van der Waals surface area contributed by atoms with Gasteiger partial charge in [-0.3, -0.25) is 18.7 Å². The summed E-state index contributed by atoms with van der Waals surface area (Å²) in [6.07, 6.45) is 4.80. The van der Waals surface area contributed by atoms with Gasteiger partial charge in [0.25, 0.3) is 11.1 Å². The van der Waals surface area contributed by atoms with Crippen molar-refractivity contribution in [3.05, 3.63) is 217 Å². The third-order valence-electron chi connectivity index (χ3n) is 10.1. The fraction of sp³-hybridized carbons (Fsp3) is 0.143. The lowest BCUT2D eigenvalue weighted by atomic mass is 10.1. The van der Waals surface area contributed by atoms with E-state index in [1.54, 1.807) is 53.6 Å². The molecule has 9 nitrogen and oxygen atoms in total. The number of aryl methyl sites for hydroxylation is 4. The van der Waals surface area contributed by atoms with Crippen LogP contribution < -0.4 is 15.9 Å². The van der Waals surface area contributed by atoms with Crippen LogP contribution in [0.5, 0.6) is 11.5 Å². The number of hydrogen-bond acceptors (Lipinski definition) is 6. The molecule has 0 amide bonds. The highest BCUT2D eigenvalue weighted by Crippen LogP contribution is 2.33. The van der Waals surface area contributed by atoms with Gasteiger partial charge in [0, 0.05) is 25.5 Å². The van der Waals surface area contributed by atoms with Crippen LogP contribution in [-0.4, -0.2) is 28.8 Å². The van der Waals surface area contributed by atoms with Crippen molar-refractivity contribution >= 4 is 15.9 Å². The van der Waals surface area contributed by atoms with Gasteiger partial charge < -0.3 is 14.4 Å². The summed E-state index contributed by atoms with van der Waals surface area (Å²) in [7, 11) is 0. The van der Waals surface area contributed by atoms with Crippen LogP contribution in [0, 0.1) is 25.5 Å². The predicted octanol–water partition coefficient (Wildman–Crippen LogP) is 10.0. The number of nitrogens with zero attached hydrogens (tertiary/aromatic N) is 5. The topological polar surface area (TPSA) is 104 Å². The number of para-hydroxylation sites is 2. The van der Waals surface area contributed by atoms with Crippen LogP contribution in [0.15, 0.2) is 166 Å². The molecule has 308 valence electrons. The zero-order chi connectivity index (χ0) is 42.9. The van der Waals surface area contributed by atoms with Gasteiger partial charge in [-0.25, -0.2) is 18.7 Å². The molecule has 8 rings (SSSR count). The second kappa shape index (κ2) is 19.4. The van der Waals surface area contributed by atoms with E-state index >= 15 is 0 Å². The molecular formula is C49H42BrF2N5O4. The van der Waals surface area contributed by atoms with Gasteiger partial charge in [0.05, 0.1) is 22.5 Å². The van der Waals surface area contributed by atoms with Crippen molar-refractivity contribution in [2.75, 3.05) is 0 Å². The SMILES string of the molecule is Cc1nc(-c2cccc(F)c2O)n(CCc2ccccc2)c(=O)c1-n1cccc1.Cc1nc(-c2cccc(F)c2OCc2ccccc2)n(CCc2ccccc2)c(=O)c1Br. The van der Waals surface area contributed by atoms with Crippen molar-refractivity contribution in [2.24, 2.45) is 0 Å². The molecule has 0 atom stereocenters. The number of hydrogen-bond donors (Lipinski definition) is 1. The Morgan fingerprint density at radius 3 is 1.67 bits per heavy atom. The molecule has 0 fully saturated rings. The summed E-state index contributed by atoms with van der Waals surface area (Å²) in [5.74, 6) is -1.05. The van der Waals surface area contributed by atoms with E-state index in [4.69, 9.17) is 4.74 Å². The van der Waals surface area contributed by atoms with Gasteiger partial charge in [-0.1, -0.05) is 103 Å². The lowest BCUT2D eigenvalue weighted by Crippen LogP contribution is -2.29. The van der Waals surface area contributed by atoms with E-state index in [1.165, 1.54) is 22.8 Å². The number of ether oxygens (including phenoxy) is 1. The minimum absolute atomic E-state index is 0.0819. The highest BCUT2D eigenvalue weighted by Gasteiger charge is 2.22. The van der Waals surface area contributed by atoms with Gasteiger partial charge in [0.15, 0.2) is 23.1 Å². The van der Waals surface area contributed by atoms with E-state index in [-0.39, 0.29) is 34.9 Å². The molecule has 0 saturated carbocycles. The maximum absolute atomic E-state index is 14.9. The zero-order valence-corrected chi connectivity index (χ0v) is 35.1. The number of phenols is 1. The molecular weight excluding hydrogens is 840 g/mol. The molecule has 0 aliphatic rings. The van der Waals surface area contributed by atoms with Crippen LogP contribution in [0.1, 0.15) is 28.1 Å². The van der Waals surface area contributed by atoms with Gasteiger partial charge >= 0.3 is 0 Å². The fourth-order valence-electron chi connectivity index (χ4n) is 6.92. The predicted molar refractivity (Wildman–Crippen MR) is 237 cm³/mol. The summed E-state index contributed by atoms with van der Waals surface area (Å²) in [6.45, 7) is 4.44. The highest BCUT2D eigenvalue weighted by atomic mass is 79.9. The van der Waals surface area contributed by atoms with Crippen molar-refractivity contribution in [2.45, 2.75) is 46.4 Å². The van der Waals surface area contributed by atoms with E-state index in [0.29, 0.717) is 58.9 Å². The van der Waals surface area contributed by atoms with Gasteiger partial charge in [-0.05, 0) is 95.7 Å². The number of halogens is 3. The summed E-state index contributed by atoms with van der Waals surface area (Å²) in [6, 6.07) is 41.8. The average Bonchev–Trinajstić information content (AvgIpc) is 3.81. The molecule has 0 unspecified atom stereocenters. The lowest BCUT2D eigenvalue weighted by molar-refractivity contribution is 0.291. The molecule has 8 aromatic rings. The molecule has 12 heteroatoms. The first-order chi connectivity index (χ1) is 29.6. The molecule has 61 heavy (non-hydrogen) atoms. The first-order valence-electron chi connectivity index (χ1n) is 19.6. The number of benzene rings is 5. The second-order valence-electron chi connectivity index (χ2n) is 14.2. The van der Waals surface area contributed by atoms with E-state index in [1.807, 2.05) is 103 Å². The molecule has 5 aromatic carbocycles. The van der Waals surface area contributed by atoms with Crippen molar-refractivity contribution in [1.82, 2.24) is 23.7 Å². The van der Waals surface area contributed by atoms with Crippen molar-refractivity contribution in [3.63, 3.8) is 0 Å². The second-order valence-corrected chi connectivity index (χ2v) is 15.0. The Morgan fingerprint density at radius 1 is 0.590 bits per heavy atom. The molecule has 0 aliphatic heterocycles. The molecule has 0 radical (unpaired) electrons. The Bertz CT molecular complexity index is 2870. The molecule has 3 heterocycles. The lowest BCUT2D eigenvalue weighted by Gasteiger charge is -2.17. The number of aromatic hydroxyl groups is 1. The minimum Gasteiger partial charge on any atom is -0.504 e. The quantitative estimate of drug-likeness (QED) is 0.131. The van der Waals surface area contributed by atoms with Crippen LogP contribution in [0.25, 0.3) is 28.5 Å². The molecule has 3 aromatic heterocycles. The van der Waals surface area contributed by atoms with Crippen LogP contribution in [0.2, 0.25) is 0 Å². The Kier molecular flexibility index (Phi) is 13.4. The van der Waals surface area contributed by atoms with Crippen LogP contribution in [0.4, 0.5) is 8.78 Å². The van der Waals surface area contributed by atoms with Crippen molar-refractivity contribution in [3.8, 4) is 40.0 Å². The number of aromatic nitrogens is 5. The largest absolute Gasteiger partial charge is 0.504 e. The maximum Gasteiger partial charge on any atom is 0.278 e. The zero-order valence-electron chi connectivity index (χ0n) is 33.5. The summed E-state index contributed by atoms with van der Waals surface area (Å²) in [5, 5.41) is 10.3. The van der Waals surface area contributed by atoms with E-state index in [0.717, 1.165) is 16.7 Å². The monoisotopic (exact) mass is 881 g/mol. The number of phenolic OH excluding ortho intramolecular Hbond substituents is 1. The molecule has 0 spiro atoms. The van der Waals surface area contributed by atoms with Gasteiger partial charge in [0.1, 0.15) is 28.4 Å². The van der Waals surface area contributed by atoms with Crippen LogP contribution >= 0.6 is 15.9 Å².